The number of hydrogen-bond donors (Lipinski definition) is 0. The molecule has 0 aliphatic carbocycles. The molecule has 0 amide bonds. The van der Waals surface area contributed by atoms with Crippen LogP contribution in [0.1, 0.15) is 18.9 Å². The van der Waals surface area contributed by atoms with Crippen molar-refractivity contribution in [2.24, 2.45) is 0 Å². The van der Waals surface area contributed by atoms with Crippen molar-refractivity contribution in [3.05, 3.63) is 35.6 Å². The summed E-state index contributed by atoms with van der Waals surface area (Å²) in [6, 6.07) is 6.08. The molecule has 0 radical (unpaired) electrons. The van der Waals surface area contributed by atoms with Crippen LogP contribution in [0.3, 0.4) is 0 Å². The number of likely N-dealkylation sites (N-methyl/N-ethyl adjacent to an activating group) is 1. The number of nitrogens with zero attached hydrogens (tertiary/aromatic N) is 2. The van der Waals surface area contributed by atoms with Gasteiger partial charge in [0.2, 0.25) is 10.0 Å². The average Bonchev–Trinajstić information content (AvgIpc) is 2.90. The van der Waals surface area contributed by atoms with Crippen LogP contribution < -0.4 is 0 Å². The first-order chi connectivity index (χ1) is 10.8. The van der Waals surface area contributed by atoms with E-state index in [1.54, 1.807) is 19.1 Å². The lowest BCUT2D eigenvalue weighted by atomic mass is 10.2. The van der Waals surface area contributed by atoms with Crippen molar-refractivity contribution in [2.45, 2.75) is 31.2 Å². The van der Waals surface area contributed by atoms with E-state index in [1.807, 2.05) is 19.0 Å². The molecule has 1 aliphatic heterocycles. The van der Waals surface area contributed by atoms with Gasteiger partial charge in [0.25, 0.3) is 0 Å². The minimum absolute atomic E-state index is 0.178. The van der Waals surface area contributed by atoms with Crippen LogP contribution in [0.5, 0.6) is 0 Å². The Morgan fingerprint density at radius 2 is 2.04 bits per heavy atom. The molecule has 0 saturated carbocycles. The first kappa shape index (κ1) is 18.3. The number of rotatable bonds is 7. The molecule has 1 aliphatic rings. The number of sulfonamides is 1. The summed E-state index contributed by atoms with van der Waals surface area (Å²) < 4.78 is 46.2. The third kappa shape index (κ3) is 4.73. The van der Waals surface area contributed by atoms with E-state index in [9.17, 15) is 12.8 Å². The summed E-state index contributed by atoms with van der Waals surface area (Å²) in [4.78, 5) is 1.93. The Kier molecular flexibility index (Phi) is 6.13. The van der Waals surface area contributed by atoms with E-state index in [0.29, 0.717) is 31.7 Å². The lowest BCUT2D eigenvalue weighted by molar-refractivity contribution is 0.125. The summed E-state index contributed by atoms with van der Waals surface area (Å²) in [6.45, 7) is 3.41. The highest BCUT2D eigenvalue weighted by Crippen LogP contribution is 2.25. The zero-order valence-corrected chi connectivity index (χ0v) is 14.7. The van der Waals surface area contributed by atoms with E-state index in [-0.39, 0.29) is 18.5 Å². The zero-order chi connectivity index (χ0) is 17.0. The van der Waals surface area contributed by atoms with E-state index in [1.165, 1.54) is 16.4 Å². The Hall–Kier alpha value is -1.02. The van der Waals surface area contributed by atoms with Gasteiger partial charge < -0.3 is 9.64 Å². The van der Waals surface area contributed by atoms with Crippen molar-refractivity contribution in [2.75, 3.05) is 33.8 Å². The normalized spacial score (nSPS) is 22.2. The SMILES string of the molecule is C[C@@H]1OCC[C@H]1S(=O)(=O)N(CCN(C)C)Cc1cccc(F)c1. The van der Waals surface area contributed by atoms with Crippen molar-refractivity contribution in [3.63, 3.8) is 0 Å². The smallest absolute Gasteiger partial charge is 0.219 e. The highest BCUT2D eigenvalue weighted by molar-refractivity contribution is 7.89. The van der Waals surface area contributed by atoms with Gasteiger partial charge in [-0.25, -0.2) is 12.8 Å². The Balaban J connectivity index is 2.22. The molecule has 23 heavy (non-hydrogen) atoms. The highest BCUT2D eigenvalue weighted by atomic mass is 32.2. The van der Waals surface area contributed by atoms with Crippen LogP contribution >= 0.6 is 0 Å². The summed E-state index contributed by atoms with van der Waals surface area (Å²) >= 11 is 0. The third-order valence-electron chi connectivity index (χ3n) is 4.09. The lowest BCUT2D eigenvalue weighted by Crippen LogP contribution is -2.43. The van der Waals surface area contributed by atoms with Crippen LogP contribution in [-0.4, -0.2) is 62.8 Å². The number of ether oxygens (including phenoxy) is 1. The summed E-state index contributed by atoms with van der Waals surface area (Å²) in [6.07, 6.45) is 0.194. The van der Waals surface area contributed by atoms with Crippen molar-refractivity contribution in [1.29, 1.82) is 0 Å². The molecule has 0 N–H and O–H groups in total. The van der Waals surface area contributed by atoms with Gasteiger partial charge in [0, 0.05) is 26.2 Å². The second-order valence-electron chi connectivity index (χ2n) is 6.21. The molecule has 5 nitrogen and oxygen atoms in total. The molecule has 1 aromatic rings. The first-order valence-electron chi connectivity index (χ1n) is 7.80. The quantitative estimate of drug-likeness (QED) is 0.755. The van der Waals surface area contributed by atoms with Gasteiger partial charge in [0.05, 0.1) is 6.10 Å². The topological polar surface area (TPSA) is 49.9 Å². The van der Waals surface area contributed by atoms with E-state index in [0.717, 1.165) is 0 Å². The van der Waals surface area contributed by atoms with E-state index >= 15 is 0 Å². The van der Waals surface area contributed by atoms with E-state index in [2.05, 4.69) is 0 Å². The highest BCUT2D eigenvalue weighted by Gasteiger charge is 2.39. The molecule has 1 aromatic carbocycles. The maximum atomic E-state index is 13.4. The van der Waals surface area contributed by atoms with Gasteiger partial charge in [-0.05, 0) is 45.1 Å². The predicted molar refractivity (Wildman–Crippen MR) is 88.1 cm³/mol. The van der Waals surface area contributed by atoms with Gasteiger partial charge >= 0.3 is 0 Å². The first-order valence-corrected chi connectivity index (χ1v) is 9.31. The van der Waals surface area contributed by atoms with Crippen molar-refractivity contribution in [1.82, 2.24) is 9.21 Å². The van der Waals surface area contributed by atoms with Gasteiger partial charge in [0.1, 0.15) is 11.1 Å². The van der Waals surface area contributed by atoms with E-state index in [4.69, 9.17) is 4.74 Å². The maximum Gasteiger partial charge on any atom is 0.219 e. The Bertz CT molecular complexity index is 622. The van der Waals surface area contributed by atoms with Crippen LogP contribution in [0.15, 0.2) is 24.3 Å². The average molecular weight is 344 g/mol. The Morgan fingerprint density at radius 1 is 1.30 bits per heavy atom. The predicted octanol–water partition coefficient (Wildman–Crippen LogP) is 1.70. The molecule has 2 atom stereocenters. The molecule has 1 saturated heterocycles. The molecule has 7 heteroatoms. The molecule has 0 spiro atoms. The monoisotopic (exact) mass is 344 g/mol. The molecule has 2 rings (SSSR count). The zero-order valence-electron chi connectivity index (χ0n) is 13.9. The van der Waals surface area contributed by atoms with Gasteiger partial charge in [-0.1, -0.05) is 12.1 Å². The van der Waals surface area contributed by atoms with E-state index < -0.39 is 15.3 Å². The summed E-state index contributed by atoms with van der Waals surface area (Å²) in [5.41, 5.74) is 0.652. The van der Waals surface area contributed by atoms with Gasteiger partial charge in [0.15, 0.2) is 0 Å². The van der Waals surface area contributed by atoms with Gasteiger partial charge in [-0.3, -0.25) is 0 Å². The fraction of sp³-hybridized carbons (Fsp3) is 0.625. The standard InChI is InChI=1S/C16H25FN2O3S/c1-13-16(7-10-22-13)23(20,21)19(9-8-18(2)3)12-14-5-4-6-15(17)11-14/h4-6,11,13,16H,7-10,12H2,1-3H3/t13-,16+/m0/s1. The van der Waals surface area contributed by atoms with Crippen molar-refractivity contribution < 1.29 is 17.5 Å². The van der Waals surface area contributed by atoms with Gasteiger partial charge in [-0.2, -0.15) is 4.31 Å². The van der Waals surface area contributed by atoms with Crippen molar-refractivity contribution >= 4 is 10.0 Å². The number of benzene rings is 1. The molecule has 0 bridgehead atoms. The summed E-state index contributed by atoms with van der Waals surface area (Å²) in [7, 11) is 0.297. The van der Waals surface area contributed by atoms with Gasteiger partial charge in [-0.15, -0.1) is 0 Å². The minimum atomic E-state index is -3.50. The fourth-order valence-corrected chi connectivity index (χ4v) is 4.75. The summed E-state index contributed by atoms with van der Waals surface area (Å²) in [5, 5.41) is -0.529. The molecule has 0 aromatic heterocycles. The molecular formula is C16H25FN2O3S. The molecule has 0 unspecified atom stereocenters. The maximum absolute atomic E-state index is 13.4. The van der Waals surface area contributed by atoms with Crippen LogP contribution in [0.2, 0.25) is 0 Å². The fourth-order valence-electron chi connectivity index (χ4n) is 2.74. The molecule has 130 valence electrons. The minimum Gasteiger partial charge on any atom is -0.377 e. The summed E-state index contributed by atoms with van der Waals surface area (Å²) in [5.74, 6) is -0.356. The molecule has 1 fully saturated rings. The largest absolute Gasteiger partial charge is 0.377 e. The van der Waals surface area contributed by atoms with Crippen LogP contribution in [0.25, 0.3) is 0 Å². The Morgan fingerprint density at radius 3 is 2.61 bits per heavy atom. The second-order valence-corrected chi connectivity index (χ2v) is 8.37. The number of halogens is 1. The third-order valence-corrected chi connectivity index (χ3v) is 6.51. The second kappa shape index (κ2) is 7.70. The lowest BCUT2D eigenvalue weighted by Gasteiger charge is -2.28. The van der Waals surface area contributed by atoms with Crippen LogP contribution in [0.4, 0.5) is 4.39 Å². The van der Waals surface area contributed by atoms with Crippen molar-refractivity contribution in [3.8, 4) is 0 Å². The van der Waals surface area contributed by atoms with Crippen LogP contribution in [0, 0.1) is 5.82 Å². The molecule has 1 heterocycles. The Labute approximate surface area is 138 Å². The molecular weight excluding hydrogens is 319 g/mol. The van der Waals surface area contributed by atoms with Crippen LogP contribution in [-0.2, 0) is 21.3 Å². The number of hydrogen-bond acceptors (Lipinski definition) is 4.